The molecule has 0 amide bonds. The minimum Gasteiger partial charge on any atom is -0.0825 e. The highest BCUT2D eigenvalue weighted by Crippen LogP contribution is 2.31. The van der Waals surface area contributed by atoms with Gasteiger partial charge in [-0.05, 0) is 24.3 Å². The Kier molecular flexibility index (Phi) is 4.87. The average molecular weight is 333 g/mol. The number of halogens is 4. The molecule has 0 fully saturated rings. The predicted molar refractivity (Wildman–Crippen MR) is 80.8 cm³/mol. The van der Waals surface area contributed by atoms with Gasteiger partial charge in [-0.15, -0.1) is 0 Å². The first kappa shape index (κ1) is 14.4. The maximum atomic E-state index is 6.02. The van der Waals surface area contributed by atoms with Gasteiger partial charge in [0.2, 0.25) is 5.69 Å². The number of aliphatic imine (C=N–C) groups is 1. The molecular formula is C13H7Cl4N2+. The number of para-hydroxylation sites is 1. The number of hydrogen-bond acceptors (Lipinski definition) is 1. The Morgan fingerprint density at radius 2 is 1.58 bits per heavy atom. The maximum absolute atomic E-state index is 6.02. The summed E-state index contributed by atoms with van der Waals surface area (Å²) in [6.07, 6.45) is 0. The van der Waals surface area contributed by atoms with Crippen LogP contribution in [0.4, 0.5) is 11.4 Å². The van der Waals surface area contributed by atoms with Crippen molar-refractivity contribution in [2.45, 2.75) is 0 Å². The fourth-order valence-electron chi connectivity index (χ4n) is 1.34. The molecule has 0 aliphatic carbocycles. The first-order valence-electron chi connectivity index (χ1n) is 5.20. The lowest BCUT2D eigenvalue weighted by atomic mass is 10.3. The third-order valence-corrected chi connectivity index (χ3v) is 3.64. The maximum Gasteiger partial charge on any atom is 0.338 e. The van der Waals surface area contributed by atoms with Crippen molar-refractivity contribution in [3.05, 3.63) is 57.5 Å². The zero-order valence-electron chi connectivity index (χ0n) is 9.45. The van der Waals surface area contributed by atoms with Crippen molar-refractivity contribution >= 4 is 64.0 Å². The summed E-state index contributed by atoms with van der Waals surface area (Å²) < 4.78 is 1.17. The van der Waals surface area contributed by atoms with Gasteiger partial charge < -0.3 is 0 Å². The van der Waals surface area contributed by atoms with Crippen molar-refractivity contribution in [2.24, 2.45) is 4.99 Å². The standard InChI is InChI=1S/C13H7Cl4N2/c14-9-4-1-2-7-12(9)19(17)8-18-11-6-3-5-10(15)13(11)16/h1-7H/q+1. The molecule has 2 rings (SSSR count). The smallest absolute Gasteiger partial charge is 0.0825 e. The topological polar surface area (TPSA) is 15.4 Å². The van der Waals surface area contributed by atoms with E-state index >= 15 is 0 Å². The molecule has 0 saturated carbocycles. The van der Waals surface area contributed by atoms with E-state index in [1.54, 1.807) is 30.3 Å². The van der Waals surface area contributed by atoms with Crippen molar-refractivity contribution in [2.75, 3.05) is 0 Å². The highest BCUT2D eigenvalue weighted by molar-refractivity contribution is 6.43. The van der Waals surface area contributed by atoms with Crippen LogP contribution >= 0.6 is 46.6 Å². The highest BCUT2D eigenvalue weighted by Gasteiger charge is 2.09. The Morgan fingerprint density at radius 1 is 0.895 bits per heavy atom. The summed E-state index contributed by atoms with van der Waals surface area (Å²) in [6.45, 7) is 0. The third-order valence-electron chi connectivity index (χ3n) is 2.25. The molecule has 0 aliphatic rings. The molecule has 2 aromatic carbocycles. The molecule has 0 N–H and O–H groups in total. The fraction of sp³-hybridized carbons (Fsp3) is 0. The Hall–Kier alpha value is -1.02. The van der Waals surface area contributed by atoms with E-state index in [9.17, 15) is 0 Å². The molecule has 19 heavy (non-hydrogen) atoms. The second-order valence-corrected chi connectivity index (χ2v) is 5.05. The van der Waals surface area contributed by atoms with E-state index in [0.29, 0.717) is 26.4 Å². The summed E-state index contributed by atoms with van der Waals surface area (Å²) in [4.78, 5) is 4.05. The van der Waals surface area contributed by atoms with Gasteiger partial charge in [-0.25, -0.2) is 0 Å². The minimum absolute atomic E-state index is 0.348. The van der Waals surface area contributed by atoms with Gasteiger partial charge in [-0.1, -0.05) is 57.1 Å². The molecule has 0 bridgehead atoms. The second kappa shape index (κ2) is 6.42. The van der Waals surface area contributed by atoms with Crippen LogP contribution in [0, 0.1) is 0 Å². The first-order valence-corrected chi connectivity index (χ1v) is 6.67. The van der Waals surface area contributed by atoms with E-state index in [0.717, 1.165) is 0 Å². The summed E-state index contributed by atoms with van der Waals surface area (Å²) in [5.74, 6) is 0. The lowest BCUT2D eigenvalue weighted by molar-refractivity contribution is -0.256. The van der Waals surface area contributed by atoms with Crippen LogP contribution in [0.5, 0.6) is 0 Å². The van der Waals surface area contributed by atoms with Crippen LogP contribution in [0.25, 0.3) is 0 Å². The zero-order chi connectivity index (χ0) is 13.8. The van der Waals surface area contributed by atoms with E-state index < -0.39 is 0 Å². The third kappa shape index (κ3) is 3.50. The van der Waals surface area contributed by atoms with Crippen LogP contribution in [-0.4, -0.2) is 10.1 Å². The van der Waals surface area contributed by atoms with Crippen LogP contribution in [0.3, 0.4) is 0 Å². The van der Waals surface area contributed by atoms with E-state index in [1.807, 2.05) is 12.1 Å². The average Bonchev–Trinajstić information content (AvgIpc) is 2.40. The minimum atomic E-state index is 0.348. The van der Waals surface area contributed by atoms with Gasteiger partial charge in [-0.3, -0.25) is 0 Å². The summed E-state index contributed by atoms with van der Waals surface area (Å²) >= 11 is 23.9. The Bertz CT molecular complexity index is 676. The zero-order valence-corrected chi connectivity index (χ0v) is 12.5. The summed E-state index contributed by atoms with van der Waals surface area (Å²) in [5.41, 5.74) is 1.06. The van der Waals surface area contributed by atoms with Crippen molar-refractivity contribution in [1.82, 2.24) is 0 Å². The number of rotatable bonds is 2. The Labute approximate surface area is 130 Å². The van der Waals surface area contributed by atoms with Crippen LogP contribution in [0.1, 0.15) is 0 Å². The highest BCUT2D eigenvalue weighted by atomic mass is 35.5. The molecule has 2 nitrogen and oxygen atoms in total. The lowest BCUT2D eigenvalue weighted by Gasteiger charge is -1.95. The normalized spacial score (nSPS) is 9.89. The SMILES string of the molecule is Clc1ccccc1[N+](Cl)=C=Nc1cccc(Cl)c1Cl. The monoisotopic (exact) mass is 331 g/mol. The van der Waals surface area contributed by atoms with Gasteiger partial charge in [0.05, 0.1) is 10.0 Å². The molecule has 0 spiro atoms. The van der Waals surface area contributed by atoms with E-state index in [4.69, 9.17) is 46.6 Å². The van der Waals surface area contributed by atoms with E-state index in [1.165, 1.54) is 4.09 Å². The summed E-state index contributed by atoms with van der Waals surface area (Å²) in [5, 5.41) is 1.27. The molecule has 2 aromatic rings. The predicted octanol–water partition coefficient (Wildman–Crippen LogP) is 5.95. The van der Waals surface area contributed by atoms with Crippen LogP contribution < -0.4 is 0 Å². The van der Waals surface area contributed by atoms with Crippen LogP contribution in [0.2, 0.25) is 15.1 Å². The lowest BCUT2D eigenvalue weighted by Crippen LogP contribution is -1.87. The van der Waals surface area contributed by atoms with Crippen molar-refractivity contribution in [1.29, 1.82) is 0 Å². The van der Waals surface area contributed by atoms with Crippen molar-refractivity contribution < 1.29 is 4.09 Å². The molecule has 0 atom stereocenters. The Morgan fingerprint density at radius 3 is 2.32 bits per heavy atom. The first-order chi connectivity index (χ1) is 9.09. The van der Waals surface area contributed by atoms with Gasteiger partial charge in [0.25, 0.3) is 0 Å². The largest absolute Gasteiger partial charge is 0.338 e. The molecule has 0 saturated heterocycles. The van der Waals surface area contributed by atoms with E-state index in [2.05, 4.69) is 11.0 Å². The molecule has 96 valence electrons. The second-order valence-electron chi connectivity index (χ2n) is 3.52. The van der Waals surface area contributed by atoms with Gasteiger partial charge >= 0.3 is 6.01 Å². The Balaban J connectivity index is 2.43. The molecule has 0 radical (unpaired) electrons. The molecule has 0 heterocycles. The van der Waals surface area contributed by atoms with Crippen molar-refractivity contribution in [3.8, 4) is 0 Å². The van der Waals surface area contributed by atoms with Gasteiger partial charge in [-0.2, -0.15) is 0 Å². The summed E-state index contributed by atoms with van der Waals surface area (Å²) in [7, 11) is 0. The van der Waals surface area contributed by atoms with Gasteiger partial charge in [0, 0.05) is 4.99 Å². The van der Waals surface area contributed by atoms with Crippen LogP contribution in [-0.2, 0) is 0 Å². The number of hydrogen-bond donors (Lipinski definition) is 0. The van der Waals surface area contributed by atoms with E-state index in [-0.39, 0.29) is 0 Å². The molecule has 0 unspecified atom stereocenters. The number of nitrogens with zero attached hydrogens (tertiary/aromatic N) is 2. The molecule has 0 aromatic heterocycles. The van der Waals surface area contributed by atoms with Crippen molar-refractivity contribution in [3.63, 3.8) is 0 Å². The molecular weight excluding hydrogens is 326 g/mol. The molecule has 0 aliphatic heterocycles. The number of benzene rings is 2. The van der Waals surface area contributed by atoms with Gasteiger partial charge in [0.1, 0.15) is 5.02 Å². The van der Waals surface area contributed by atoms with Gasteiger partial charge in [0.15, 0.2) is 17.5 Å². The quantitative estimate of drug-likeness (QED) is 0.477. The fourth-order valence-corrected chi connectivity index (χ4v) is 2.13. The molecule has 6 heteroatoms. The summed E-state index contributed by atoms with van der Waals surface area (Å²) in [6, 6.07) is 14.8. The van der Waals surface area contributed by atoms with Crippen LogP contribution in [0.15, 0.2) is 47.5 Å².